The van der Waals surface area contributed by atoms with Gasteiger partial charge in [-0.15, -0.1) is 0 Å². The van der Waals surface area contributed by atoms with Crippen LogP contribution in [-0.2, 0) is 5.60 Å². The Bertz CT molecular complexity index is 385. The lowest BCUT2D eigenvalue weighted by Crippen LogP contribution is -2.21. The van der Waals surface area contributed by atoms with Gasteiger partial charge >= 0.3 is 0 Å². The summed E-state index contributed by atoms with van der Waals surface area (Å²) in [4.78, 5) is 0. The number of para-hydroxylation sites is 1. The third-order valence-corrected chi connectivity index (χ3v) is 4.20. The average molecular weight is 292 g/mol. The number of hydrogen-bond acceptors (Lipinski definition) is 2. The summed E-state index contributed by atoms with van der Waals surface area (Å²) in [6.07, 6.45) is 11.1. The molecule has 1 atom stereocenters. The van der Waals surface area contributed by atoms with Crippen molar-refractivity contribution >= 4 is 0 Å². The Morgan fingerprint density at radius 2 is 1.52 bits per heavy atom. The summed E-state index contributed by atoms with van der Waals surface area (Å²) in [5.74, 6) is 0.780. The van der Waals surface area contributed by atoms with Gasteiger partial charge in [0.05, 0.1) is 12.7 Å². The minimum Gasteiger partial charge on any atom is -0.496 e. The molecule has 0 spiro atoms. The van der Waals surface area contributed by atoms with E-state index in [1.165, 1.54) is 44.9 Å². The first-order chi connectivity index (χ1) is 10.1. The molecule has 2 heteroatoms. The molecule has 1 aromatic rings. The van der Waals surface area contributed by atoms with Crippen molar-refractivity contribution in [3.8, 4) is 5.75 Å². The molecule has 0 radical (unpaired) electrons. The monoisotopic (exact) mass is 292 g/mol. The Balaban J connectivity index is 2.30. The predicted octanol–water partition coefficient (Wildman–Crippen LogP) is 5.43. The Morgan fingerprint density at radius 1 is 0.952 bits per heavy atom. The molecule has 0 heterocycles. The molecule has 0 bridgehead atoms. The van der Waals surface area contributed by atoms with Crippen LogP contribution in [0.4, 0.5) is 0 Å². The van der Waals surface area contributed by atoms with E-state index in [4.69, 9.17) is 4.74 Å². The van der Waals surface area contributed by atoms with Gasteiger partial charge in [0.2, 0.25) is 0 Å². The fourth-order valence-electron chi connectivity index (χ4n) is 2.83. The van der Waals surface area contributed by atoms with Crippen LogP contribution in [-0.4, -0.2) is 12.2 Å². The number of benzene rings is 1. The Kier molecular flexibility index (Phi) is 8.44. The maximum Gasteiger partial charge on any atom is 0.124 e. The van der Waals surface area contributed by atoms with E-state index < -0.39 is 5.60 Å². The number of ether oxygens (including phenoxy) is 1. The number of hydrogen-bond donors (Lipinski definition) is 1. The summed E-state index contributed by atoms with van der Waals surface area (Å²) in [6.45, 7) is 4.14. The molecule has 120 valence electrons. The third-order valence-electron chi connectivity index (χ3n) is 4.20. The first-order valence-electron chi connectivity index (χ1n) is 8.47. The van der Waals surface area contributed by atoms with Crippen molar-refractivity contribution in [3.63, 3.8) is 0 Å². The maximum absolute atomic E-state index is 10.7. The zero-order valence-electron chi connectivity index (χ0n) is 14.0. The van der Waals surface area contributed by atoms with Crippen LogP contribution in [0.5, 0.6) is 5.75 Å². The number of unbranched alkanes of at least 4 members (excludes halogenated alkanes) is 7. The van der Waals surface area contributed by atoms with Crippen molar-refractivity contribution < 1.29 is 9.84 Å². The van der Waals surface area contributed by atoms with Crippen LogP contribution in [0, 0.1) is 0 Å². The molecule has 21 heavy (non-hydrogen) atoms. The molecule has 0 aromatic heterocycles. The van der Waals surface area contributed by atoms with Gasteiger partial charge in [-0.2, -0.15) is 0 Å². The number of methoxy groups -OCH3 is 1. The standard InChI is InChI=1S/C19H32O2/c1-4-5-6-7-8-9-10-13-16-19(2,20)17-14-11-12-15-18(17)21-3/h11-12,14-15,20H,4-10,13,16H2,1-3H3. The first-order valence-corrected chi connectivity index (χ1v) is 8.47. The Morgan fingerprint density at radius 3 is 2.14 bits per heavy atom. The molecule has 2 nitrogen and oxygen atoms in total. The van der Waals surface area contributed by atoms with Gasteiger partial charge in [0.1, 0.15) is 5.75 Å². The van der Waals surface area contributed by atoms with Crippen LogP contribution in [0.1, 0.15) is 77.2 Å². The first kappa shape index (κ1) is 18.0. The maximum atomic E-state index is 10.7. The minimum absolute atomic E-state index is 0.780. The minimum atomic E-state index is -0.797. The lowest BCUT2D eigenvalue weighted by molar-refractivity contribution is 0.0423. The molecule has 0 aliphatic carbocycles. The Labute approximate surface area is 130 Å². The number of aliphatic hydroxyl groups is 1. The van der Waals surface area contributed by atoms with E-state index in [1.54, 1.807) is 7.11 Å². The smallest absolute Gasteiger partial charge is 0.124 e. The fraction of sp³-hybridized carbons (Fsp3) is 0.684. The summed E-state index contributed by atoms with van der Waals surface area (Å²) in [7, 11) is 1.66. The van der Waals surface area contributed by atoms with Gasteiger partial charge in [-0.25, -0.2) is 0 Å². The molecule has 1 unspecified atom stereocenters. The quantitative estimate of drug-likeness (QED) is 0.551. The van der Waals surface area contributed by atoms with E-state index in [2.05, 4.69) is 6.92 Å². The molecular formula is C19H32O2. The van der Waals surface area contributed by atoms with Crippen LogP contribution in [0.25, 0.3) is 0 Å². The molecule has 1 aromatic carbocycles. The lowest BCUT2D eigenvalue weighted by atomic mass is 9.89. The van der Waals surface area contributed by atoms with Gasteiger partial charge < -0.3 is 9.84 Å². The van der Waals surface area contributed by atoms with Gasteiger partial charge in [0.25, 0.3) is 0 Å². The van der Waals surface area contributed by atoms with Crippen LogP contribution in [0.15, 0.2) is 24.3 Å². The molecule has 0 saturated carbocycles. The van der Waals surface area contributed by atoms with E-state index >= 15 is 0 Å². The highest BCUT2D eigenvalue weighted by atomic mass is 16.5. The highest BCUT2D eigenvalue weighted by molar-refractivity contribution is 5.37. The Hall–Kier alpha value is -1.02. The topological polar surface area (TPSA) is 29.5 Å². The average Bonchev–Trinajstić information content (AvgIpc) is 2.50. The second kappa shape index (κ2) is 9.83. The second-order valence-electron chi connectivity index (χ2n) is 6.20. The van der Waals surface area contributed by atoms with Crippen molar-refractivity contribution in [1.29, 1.82) is 0 Å². The van der Waals surface area contributed by atoms with E-state index in [0.717, 1.165) is 24.2 Å². The molecule has 0 amide bonds. The molecule has 0 aliphatic rings. The molecule has 0 fully saturated rings. The highest BCUT2D eigenvalue weighted by Crippen LogP contribution is 2.33. The van der Waals surface area contributed by atoms with Crippen LogP contribution in [0.3, 0.4) is 0 Å². The molecule has 1 N–H and O–H groups in total. The predicted molar refractivity (Wildman–Crippen MR) is 89.8 cm³/mol. The summed E-state index contributed by atoms with van der Waals surface area (Å²) in [5, 5.41) is 10.7. The lowest BCUT2D eigenvalue weighted by Gasteiger charge is -2.25. The van der Waals surface area contributed by atoms with Crippen molar-refractivity contribution in [2.45, 2.75) is 77.2 Å². The fourth-order valence-corrected chi connectivity index (χ4v) is 2.83. The number of rotatable bonds is 11. The van der Waals surface area contributed by atoms with Crippen LogP contribution in [0.2, 0.25) is 0 Å². The molecule has 0 saturated heterocycles. The summed E-state index contributed by atoms with van der Waals surface area (Å²) in [5.41, 5.74) is 0.102. The molecule has 0 aliphatic heterocycles. The molecular weight excluding hydrogens is 260 g/mol. The van der Waals surface area contributed by atoms with Gasteiger partial charge in [0, 0.05) is 5.56 Å². The normalized spacial score (nSPS) is 13.9. The van der Waals surface area contributed by atoms with Gasteiger partial charge in [-0.05, 0) is 19.4 Å². The van der Waals surface area contributed by atoms with Crippen molar-refractivity contribution in [2.75, 3.05) is 7.11 Å². The van der Waals surface area contributed by atoms with Crippen molar-refractivity contribution in [1.82, 2.24) is 0 Å². The van der Waals surface area contributed by atoms with E-state index in [0.29, 0.717) is 0 Å². The SMILES string of the molecule is CCCCCCCCCCC(C)(O)c1ccccc1OC. The zero-order chi connectivity index (χ0) is 15.6. The van der Waals surface area contributed by atoms with E-state index in [-0.39, 0.29) is 0 Å². The second-order valence-corrected chi connectivity index (χ2v) is 6.20. The largest absolute Gasteiger partial charge is 0.496 e. The van der Waals surface area contributed by atoms with E-state index in [1.807, 2.05) is 31.2 Å². The van der Waals surface area contributed by atoms with E-state index in [9.17, 15) is 5.11 Å². The van der Waals surface area contributed by atoms with Crippen molar-refractivity contribution in [3.05, 3.63) is 29.8 Å². The van der Waals surface area contributed by atoms with Crippen LogP contribution < -0.4 is 4.74 Å². The van der Waals surface area contributed by atoms with Crippen molar-refractivity contribution in [2.24, 2.45) is 0 Å². The van der Waals surface area contributed by atoms with Gasteiger partial charge in [-0.1, -0.05) is 76.5 Å². The summed E-state index contributed by atoms with van der Waals surface area (Å²) >= 11 is 0. The molecule has 1 rings (SSSR count). The van der Waals surface area contributed by atoms with Crippen LogP contribution >= 0.6 is 0 Å². The summed E-state index contributed by atoms with van der Waals surface area (Å²) < 4.78 is 5.35. The zero-order valence-corrected chi connectivity index (χ0v) is 14.0. The van der Waals surface area contributed by atoms with Gasteiger partial charge in [-0.3, -0.25) is 0 Å². The van der Waals surface area contributed by atoms with Gasteiger partial charge in [0.15, 0.2) is 0 Å². The summed E-state index contributed by atoms with van der Waals surface area (Å²) in [6, 6.07) is 7.77. The third kappa shape index (κ3) is 6.52. The highest BCUT2D eigenvalue weighted by Gasteiger charge is 2.25.